The molecule has 0 aliphatic carbocycles. The Morgan fingerprint density at radius 1 is 1.31 bits per heavy atom. The summed E-state index contributed by atoms with van der Waals surface area (Å²) in [6, 6.07) is 4.05. The van der Waals surface area contributed by atoms with Crippen LogP contribution in [0, 0.1) is 0 Å². The van der Waals surface area contributed by atoms with Gasteiger partial charge < -0.3 is 9.15 Å². The summed E-state index contributed by atoms with van der Waals surface area (Å²) in [4.78, 5) is 4.08. The van der Waals surface area contributed by atoms with E-state index < -0.39 is 0 Å². The van der Waals surface area contributed by atoms with Crippen molar-refractivity contribution in [3.8, 4) is 5.75 Å². The van der Waals surface area contributed by atoms with E-state index in [-0.39, 0.29) is 0 Å². The van der Waals surface area contributed by atoms with Gasteiger partial charge in [0.2, 0.25) is 0 Å². The lowest BCUT2D eigenvalue weighted by molar-refractivity contribution is 0.288. The first-order valence-electron chi connectivity index (χ1n) is 4.43. The number of rotatable bonds is 0. The number of hydrogen-bond donors (Lipinski definition) is 0. The number of nitrogens with zero attached hydrogens (tertiary/aromatic N) is 1. The molecular formula is C10H9NO2. The Hall–Kier alpha value is -1.51. The minimum Gasteiger partial charge on any atom is -0.489 e. The van der Waals surface area contributed by atoms with Crippen molar-refractivity contribution >= 4 is 11.1 Å². The van der Waals surface area contributed by atoms with Gasteiger partial charge in [0.15, 0.2) is 17.7 Å². The molecule has 0 amide bonds. The van der Waals surface area contributed by atoms with Crippen molar-refractivity contribution in [1.82, 2.24) is 4.98 Å². The molecule has 2 heterocycles. The normalized spacial score (nSPS) is 15.4. The molecular weight excluding hydrogens is 166 g/mol. The van der Waals surface area contributed by atoms with E-state index in [0.717, 1.165) is 36.3 Å². The number of aryl methyl sites for hydroxylation is 1. The van der Waals surface area contributed by atoms with Gasteiger partial charge >= 0.3 is 0 Å². The molecule has 0 unspecified atom stereocenters. The maximum absolute atomic E-state index is 5.56. The highest BCUT2D eigenvalue weighted by molar-refractivity contribution is 5.80. The maximum Gasteiger partial charge on any atom is 0.196 e. The third-order valence-electron chi connectivity index (χ3n) is 2.37. The minimum absolute atomic E-state index is 0.785. The Morgan fingerprint density at radius 3 is 3.31 bits per heavy atom. The summed E-state index contributed by atoms with van der Waals surface area (Å²) in [5.41, 5.74) is 2.90. The summed E-state index contributed by atoms with van der Waals surface area (Å²) in [6.07, 6.45) is 3.63. The predicted octanol–water partition coefficient (Wildman–Crippen LogP) is 2.15. The van der Waals surface area contributed by atoms with E-state index in [1.807, 2.05) is 6.07 Å². The first kappa shape index (κ1) is 6.95. The van der Waals surface area contributed by atoms with Crippen molar-refractivity contribution in [1.29, 1.82) is 0 Å². The third kappa shape index (κ3) is 0.932. The van der Waals surface area contributed by atoms with Gasteiger partial charge in [-0.2, -0.15) is 0 Å². The highest BCUT2D eigenvalue weighted by Gasteiger charge is 2.15. The first-order chi connectivity index (χ1) is 6.45. The summed E-state index contributed by atoms with van der Waals surface area (Å²) < 4.78 is 10.8. The van der Waals surface area contributed by atoms with Gasteiger partial charge in [-0.3, -0.25) is 0 Å². The zero-order valence-electron chi connectivity index (χ0n) is 7.12. The zero-order chi connectivity index (χ0) is 8.67. The highest BCUT2D eigenvalue weighted by atomic mass is 16.5. The number of ether oxygens (including phenoxy) is 1. The van der Waals surface area contributed by atoms with Gasteiger partial charge in [0.25, 0.3) is 0 Å². The summed E-state index contributed by atoms with van der Waals surface area (Å²) in [5, 5.41) is 0. The Bertz CT molecular complexity index is 447. The summed E-state index contributed by atoms with van der Waals surface area (Å²) in [5.74, 6) is 0.890. The lowest BCUT2D eigenvalue weighted by Crippen LogP contribution is -2.08. The van der Waals surface area contributed by atoms with Gasteiger partial charge in [0.1, 0.15) is 5.52 Å². The average molecular weight is 175 g/mol. The Labute approximate surface area is 75.3 Å². The monoisotopic (exact) mass is 175 g/mol. The lowest BCUT2D eigenvalue weighted by atomic mass is 10.1. The van der Waals surface area contributed by atoms with Crippen LogP contribution >= 0.6 is 0 Å². The van der Waals surface area contributed by atoms with E-state index in [1.165, 1.54) is 12.0 Å². The van der Waals surface area contributed by atoms with E-state index in [4.69, 9.17) is 9.15 Å². The molecule has 0 N–H and O–H groups in total. The smallest absolute Gasteiger partial charge is 0.196 e. The van der Waals surface area contributed by atoms with E-state index in [1.54, 1.807) is 0 Å². The van der Waals surface area contributed by atoms with Gasteiger partial charge in [-0.1, -0.05) is 6.07 Å². The fourth-order valence-corrected chi connectivity index (χ4v) is 1.74. The van der Waals surface area contributed by atoms with Crippen LogP contribution < -0.4 is 4.74 Å². The van der Waals surface area contributed by atoms with Crippen LogP contribution in [0.2, 0.25) is 0 Å². The quantitative estimate of drug-likeness (QED) is 0.615. The second-order valence-corrected chi connectivity index (χ2v) is 3.21. The standard InChI is InChI=1S/C10H9NO2/c1-2-7-3-4-8-10(13-6-11-8)9(7)12-5-1/h3-4,6H,1-2,5H2. The van der Waals surface area contributed by atoms with Crippen molar-refractivity contribution < 1.29 is 9.15 Å². The molecule has 1 aromatic heterocycles. The van der Waals surface area contributed by atoms with Crippen molar-refractivity contribution in [2.75, 3.05) is 6.61 Å². The van der Waals surface area contributed by atoms with E-state index in [0.29, 0.717) is 0 Å². The third-order valence-corrected chi connectivity index (χ3v) is 2.37. The van der Waals surface area contributed by atoms with Crippen LogP contribution in [0.3, 0.4) is 0 Å². The summed E-state index contributed by atoms with van der Waals surface area (Å²) in [6.45, 7) is 0.785. The van der Waals surface area contributed by atoms with E-state index in [9.17, 15) is 0 Å². The fourth-order valence-electron chi connectivity index (χ4n) is 1.74. The molecule has 1 aliphatic heterocycles. The largest absolute Gasteiger partial charge is 0.489 e. The lowest BCUT2D eigenvalue weighted by Gasteiger charge is -2.16. The molecule has 0 saturated carbocycles. The topological polar surface area (TPSA) is 35.3 Å². The second kappa shape index (κ2) is 2.49. The second-order valence-electron chi connectivity index (χ2n) is 3.21. The van der Waals surface area contributed by atoms with Crippen LogP contribution in [0.1, 0.15) is 12.0 Å². The molecule has 66 valence electrons. The van der Waals surface area contributed by atoms with Crippen LogP contribution in [0.4, 0.5) is 0 Å². The van der Waals surface area contributed by atoms with Crippen molar-refractivity contribution in [2.24, 2.45) is 0 Å². The Balaban J connectivity index is 2.34. The number of aromatic nitrogens is 1. The molecule has 2 aromatic rings. The summed E-state index contributed by atoms with van der Waals surface area (Å²) >= 11 is 0. The molecule has 3 nitrogen and oxygen atoms in total. The van der Waals surface area contributed by atoms with Crippen LogP contribution in [-0.4, -0.2) is 11.6 Å². The van der Waals surface area contributed by atoms with E-state index in [2.05, 4.69) is 11.1 Å². The average Bonchev–Trinajstić information content (AvgIpc) is 2.65. The highest BCUT2D eigenvalue weighted by Crippen LogP contribution is 2.32. The summed E-state index contributed by atoms with van der Waals surface area (Å²) in [7, 11) is 0. The minimum atomic E-state index is 0.785. The maximum atomic E-state index is 5.56. The Morgan fingerprint density at radius 2 is 2.31 bits per heavy atom. The molecule has 13 heavy (non-hydrogen) atoms. The van der Waals surface area contributed by atoms with Gasteiger partial charge in [0.05, 0.1) is 6.61 Å². The van der Waals surface area contributed by atoms with Crippen LogP contribution in [0.5, 0.6) is 5.75 Å². The van der Waals surface area contributed by atoms with Crippen molar-refractivity contribution in [3.05, 3.63) is 24.1 Å². The molecule has 0 spiro atoms. The molecule has 3 rings (SSSR count). The van der Waals surface area contributed by atoms with Gasteiger partial charge in [-0.25, -0.2) is 4.98 Å². The van der Waals surface area contributed by atoms with Crippen molar-refractivity contribution in [3.63, 3.8) is 0 Å². The van der Waals surface area contributed by atoms with E-state index >= 15 is 0 Å². The van der Waals surface area contributed by atoms with Gasteiger partial charge in [-0.15, -0.1) is 0 Å². The molecule has 0 saturated heterocycles. The number of hydrogen-bond acceptors (Lipinski definition) is 3. The number of oxazole rings is 1. The SMILES string of the molecule is c1nc2ccc3c(c2o1)OCCC3. The fraction of sp³-hybridized carbons (Fsp3) is 0.300. The molecule has 0 radical (unpaired) electrons. The number of benzene rings is 1. The van der Waals surface area contributed by atoms with Gasteiger partial charge in [-0.05, 0) is 24.5 Å². The molecule has 1 aromatic carbocycles. The predicted molar refractivity (Wildman–Crippen MR) is 47.8 cm³/mol. The Kier molecular flexibility index (Phi) is 1.33. The molecule has 3 heteroatoms. The van der Waals surface area contributed by atoms with Gasteiger partial charge in [0, 0.05) is 0 Å². The molecule has 0 fully saturated rings. The van der Waals surface area contributed by atoms with Crippen molar-refractivity contribution in [2.45, 2.75) is 12.8 Å². The van der Waals surface area contributed by atoms with Crippen LogP contribution in [0.15, 0.2) is 22.9 Å². The van der Waals surface area contributed by atoms with Crippen LogP contribution in [0.25, 0.3) is 11.1 Å². The molecule has 1 aliphatic rings. The van der Waals surface area contributed by atoms with Crippen LogP contribution in [-0.2, 0) is 6.42 Å². The number of fused-ring (bicyclic) bond motifs is 3. The molecule has 0 bridgehead atoms. The molecule has 0 atom stereocenters. The zero-order valence-corrected chi connectivity index (χ0v) is 7.12. The first-order valence-corrected chi connectivity index (χ1v) is 4.43.